The first-order valence-electron chi connectivity index (χ1n) is 7.69. The van der Waals surface area contributed by atoms with Gasteiger partial charge in [-0.05, 0) is 17.5 Å². The van der Waals surface area contributed by atoms with Crippen molar-refractivity contribution in [2.75, 3.05) is 12.9 Å². The molecule has 0 aliphatic carbocycles. The Kier molecular flexibility index (Phi) is 6.08. The van der Waals surface area contributed by atoms with Crippen molar-refractivity contribution in [1.82, 2.24) is 20.5 Å². The number of amides is 1. The summed E-state index contributed by atoms with van der Waals surface area (Å²) in [7, 11) is 1.62. The van der Waals surface area contributed by atoms with Crippen LogP contribution < -0.4 is 10.1 Å². The number of H-pyrrole nitrogens is 1. The standard InChI is InChI=1S/C17H18N4O2S2/c1-23-14-7-3-2-5-12(14)10-18-16(22)11-25-17-19-15(20-21-17)9-13-6-4-8-24-13/h2-8H,9-11H2,1H3,(H,18,22)(H,19,20,21). The summed E-state index contributed by atoms with van der Waals surface area (Å²) in [6.45, 7) is 0.432. The molecule has 8 heteroatoms. The van der Waals surface area contributed by atoms with E-state index in [-0.39, 0.29) is 11.7 Å². The number of methoxy groups -OCH3 is 1. The number of hydrogen-bond acceptors (Lipinski definition) is 6. The monoisotopic (exact) mass is 374 g/mol. The number of aromatic amines is 1. The van der Waals surface area contributed by atoms with E-state index in [0.29, 0.717) is 11.7 Å². The SMILES string of the molecule is COc1ccccc1CNC(=O)CSc1n[nH]c(Cc2cccs2)n1. The lowest BCUT2D eigenvalue weighted by Crippen LogP contribution is -2.24. The zero-order valence-corrected chi connectivity index (χ0v) is 15.3. The molecule has 0 aliphatic rings. The van der Waals surface area contributed by atoms with Gasteiger partial charge in [-0.1, -0.05) is 36.0 Å². The number of benzene rings is 1. The molecule has 0 saturated heterocycles. The first kappa shape index (κ1) is 17.5. The summed E-state index contributed by atoms with van der Waals surface area (Å²) in [4.78, 5) is 17.6. The van der Waals surface area contributed by atoms with Crippen LogP contribution in [0.2, 0.25) is 0 Å². The summed E-state index contributed by atoms with van der Waals surface area (Å²) in [5.41, 5.74) is 0.944. The Bertz CT molecular complexity index is 818. The summed E-state index contributed by atoms with van der Waals surface area (Å²) in [5, 5.41) is 12.6. The highest BCUT2D eigenvalue weighted by atomic mass is 32.2. The number of para-hydroxylation sites is 1. The van der Waals surface area contributed by atoms with Crippen molar-refractivity contribution in [1.29, 1.82) is 0 Å². The van der Waals surface area contributed by atoms with Crippen LogP contribution in [-0.2, 0) is 17.8 Å². The van der Waals surface area contributed by atoms with E-state index in [1.54, 1.807) is 18.4 Å². The van der Waals surface area contributed by atoms with Crippen molar-refractivity contribution in [2.24, 2.45) is 0 Å². The molecule has 1 amide bonds. The summed E-state index contributed by atoms with van der Waals surface area (Å²) in [5.74, 6) is 1.77. The Morgan fingerprint density at radius 2 is 2.20 bits per heavy atom. The molecule has 25 heavy (non-hydrogen) atoms. The highest BCUT2D eigenvalue weighted by Gasteiger charge is 2.09. The number of aromatic nitrogens is 3. The maximum atomic E-state index is 12.0. The molecule has 0 bridgehead atoms. The Labute approximate surface area is 154 Å². The van der Waals surface area contributed by atoms with Crippen LogP contribution in [0.15, 0.2) is 46.9 Å². The Morgan fingerprint density at radius 1 is 1.32 bits per heavy atom. The Balaban J connectivity index is 1.45. The molecular weight excluding hydrogens is 356 g/mol. The molecular formula is C17H18N4O2S2. The van der Waals surface area contributed by atoms with Crippen LogP contribution in [0.25, 0.3) is 0 Å². The molecule has 2 heterocycles. The number of ether oxygens (including phenoxy) is 1. The van der Waals surface area contributed by atoms with E-state index in [1.807, 2.05) is 35.7 Å². The fourth-order valence-corrected chi connectivity index (χ4v) is 3.58. The summed E-state index contributed by atoms with van der Waals surface area (Å²) in [6.07, 6.45) is 0.727. The van der Waals surface area contributed by atoms with Gasteiger partial charge < -0.3 is 10.1 Å². The minimum atomic E-state index is -0.0690. The Hall–Kier alpha value is -2.32. The average molecular weight is 374 g/mol. The van der Waals surface area contributed by atoms with Crippen LogP contribution in [-0.4, -0.2) is 34.0 Å². The quantitative estimate of drug-likeness (QED) is 0.593. The molecule has 130 valence electrons. The van der Waals surface area contributed by atoms with Crippen molar-refractivity contribution < 1.29 is 9.53 Å². The summed E-state index contributed by atoms with van der Waals surface area (Å²) in [6, 6.07) is 11.7. The molecule has 2 N–H and O–H groups in total. The van der Waals surface area contributed by atoms with E-state index >= 15 is 0 Å². The fourth-order valence-electron chi connectivity index (χ4n) is 2.22. The number of carbonyl (C=O) groups excluding carboxylic acids is 1. The molecule has 2 aromatic heterocycles. The zero-order valence-electron chi connectivity index (χ0n) is 13.7. The molecule has 0 unspecified atom stereocenters. The van der Waals surface area contributed by atoms with E-state index in [2.05, 4.69) is 26.6 Å². The molecule has 0 fully saturated rings. The van der Waals surface area contributed by atoms with Crippen LogP contribution in [0.1, 0.15) is 16.3 Å². The molecule has 0 aliphatic heterocycles. The van der Waals surface area contributed by atoms with Gasteiger partial charge in [0.25, 0.3) is 0 Å². The predicted molar refractivity (Wildman–Crippen MR) is 99.1 cm³/mol. The van der Waals surface area contributed by atoms with Crippen molar-refractivity contribution in [3.8, 4) is 5.75 Å². The van der Waals surface area contributed by atoms with Crippen LogP contribution in [0, 0.1) is 0 Å². The van der Waals surface area contributed by atoms with Crippen LogP contribution >= 0.6 is 23.1 Å². The Morgan fingerprint density at radius 3 is 3.00 bits per heavy atom. The zero-order chi connectivity index (χ0) is 17.5. The van der Waals surface area contributed by atoms with E-state index in [9.17, 15) is 4.79 Å². The average Bonchev–Trinajstić information content (AvgIpc) is 3.31. The van der Waals surface area contributed by atoms with Gasteiger partial charge in [0.1, 0.15) is 11.6 Å². The van der Waals surface area contributed by atoms with Gasteiger partial charge in [0.05, 0.1) is 12.9 Å². The number of thiophene rings is 1. The van der Waals surface area contributed by atoms with Crippen LogP contribution in [0.4, 0.5) is 0 Å². The summed E-state index contributed by atoms with van der Waals surface area (Å²) >= 11 is 3.00. The molecule has 1 aromatic carbocycles. The van der Waals surface area contributed by atoms with Crippen molar-refractivity contribution in [2.45, 2.75) is 18.1 Å². The van der Waals surface area contributed by atoms with Gasteiger partial charge >= 0.3 is 0 Å². The van der Waals surface area contributed by atoms with Crippen molar-refractivity contribution in [3.63, 3.8) is 0 Å². The third-order valence-corrected chi connectivity index (χ3v) is 5.16. The smallest absolute Gasteiger partial charge is 0.230 e. The third-order valence-electron chi connectivity index (χ3n) is 3.43. The molecule has 0 spiro atoms. The first-order valence-corrected chi connectivity index (χ1v) is 9.56. The number of nitrogens with zero attached hydrogens (tertiary/aromatic N) is 2. The lowest BCUT2D eigenvalue weighted by molar-refractivity contribution is -0.118. The summed E-state index contributed by atoms with van der Waals surface area (Å²) < 4.78 is 5.27. The normalized spacial score (nSPS) is 10.6. The minimum absolute atomic E-state index is 0.0690. The first-order chi connectivity index (χ1) is 12.2. The van der Waals surface area contributed by atoms with Gasteiger partial charge in [-0.3, -0.25) is 9.89 Å². The highest BCUT2D eigenvalue weighted by Crippen LogP contribution is 2.18. The largest absolute Gasteiger partial charge is 0.496 e. The van der Waals surface area contributed by atoms with Gasteiger partial charge in [0.15, 0.2) is 0 Å². The topological polar surface area (TPSA) is 79.9 Å². The van der Waals surface area contributed by atoms with Crippen LogP contribution in [0.3, 0.4) is 0 Å². The molecule has 3 rings (SSSR count). The van der Waals surface area contributed by atoms with Gasteiger partial charge in [0, 0.05) is 23.4 Å². The number of rotatable bonds is 8. The third kappa shape index (κ3) is 5.07. The number of carbonyl (C=O) groups is 1. The molecule has 0 saturated carbocycles. The second-order valence-electron chi connectivity index (χ2n) is 5.20. The second kappa shape index (κ2) is 8.68. The molecule has 0 atom stereocenters. The number of hydrogen-bond donors (Lipinski definition) is 2. The van der Waals surface area contributed by atoms with E-state index in [4.69, 9.17) is 4.74 Å². The number of thioether (sulfide) groups is 1. The van der Waals surface area contributed by atoms with Crippen LogP contribution in [0.5, 0.6) is 5.75 Å². The predicted octanol–water partition coefficient (Wildman–Crippen LogP) is 2.87. The molecule has 0 radical (unpaired) electrons. The van der Waals surface area contributed by atoms with E-state index < -0.39 is 0 Å². The van der Waals surface area contributed by atoms with Crippen molar-refractivity contribution in [3.05, 3.63) is 58.0 Å². The molecule has 6 nitrogen and oxygen atoms in total. The van der Waals surface area contributed by atoms with Gasteiger partial charge in [-0.15, -0.1) is 16.4 Å². The van der Waals surface area contributed by atoms with E-state index in [0.717, 1.165) is 23.6 Å². The lowest BCUT2D eigenvalue weighted by Gasteiger charge is -2.08. The highest BCUT2D eigenvalue weighted by molar-refractivity contribution is 7.99. The maximum Gasteiger partial charge on any atom is 0.230 e. The van der Waals surface area contributed by atoms with E-state index in [1.165, 1.54) is 16.6 Å². The minimum Gasteiger partial charge on any atom is -0.496 e. The second-order valence-corrected chi connectivity index (χ2v) is 7.17. The fraction of sp³-hybridized carbons (Fsp3) is 0.235. The van der Waals surface area contributed by atoms with Crippen molar-refractivity contribution >= 4 is 29.0 Å². The lowest BCUT2D eigenvalue weighted by atomic mass is 10.2. The van der Waals surface area contributed by atoms with Gasteiger partial charge in [-0.25, -0.2) is 4.98 Å². The van der Waals surface area contributed by atoms with Gasteiger partial charge in [-0.2, -0.15) is 0 Å². The molecule has 3 aromatic rings. The van der Waals surface area contributed by atoms with Gasteiger partial charge in [0.2, 0.25) is 11.1 Å². The maximum absolute atomic E-state index is 12.0. The number of nitrogens with one attached hydrogen (secondary N) is 2.